The number of aromatic nitrogens is 3. The Morgan fingerprint density at radius 3 is 2.43 bits per heavy atom. The van der Waals surface area contributed by atoms with Gasteiger partial charge >= 0.3 is 0 Å². The van der Waals surface area contributed by atoms with Gasteiger partial charge in [0.1, 0.15) is 12.4 Å². The van der Waals surface area contributed by atoms with Crippen LogP contribution in [0.5, 0.6) is 11.6 Å². The van der Waals surface area contributed by atoms with Crippen LogP contribution >= 0.6 is 0 Å². The monoisotopic (exact) mass is 372 g/mol. The second kappa shape index (κ2) is 7.92. The molecule has 0 radical (unpaired) electrons. The van der Waals surface area contributed by atoms with E-state index in [2.05, 4.69) is 9.97 Å². The highest BCUT2D eigenvalue weighted by molar-refractivity contribution is 5.83. The molecule has 0 unspecified atom stereocenters. The molecule has 2 N–H and O–H groups in total. The van der Waals surface area contributed by atoms with E-state index >= 15 is 0 Å². The standard InChI is InChI=1S/C22H20N4O2/c1-2-27-21-20-18(25-22(23)26-21)13-12-17(24-20)16-10-6-7-11-19(16)28-14-15-8-4-3-5-9-15/h3-13H,2,14H2,1H3,(H2,23,25,26). The quantitative estimate of drug-likeness (QED) is 0.545. The molecule has 0 saturated carbocycles. The summed E-state index contributed by atoms with van der Waals surface area (Å²) in [6, 6.07) is 21.6. The molecule has 0 atom stereocenters. The number of nitrogen functional groups attached to an aromatic ring is 1. The summed E-state index contributed by atoms with van der Waals surface area (Å²) in [5, 5.41) is 0. The van der Waals surface area contributed by atoms with Gasteiger partial charge in [0.25, 0.3) is 0 Å². The smallest absolute Gasteiger partial charge is 0.245 e. The van der Waals surface area contributed by atoms with E-state index in [-0.39, 0.29) is 5.95 Å². The van der Waals surface area contributed by atoms with Gasteiger partial charge in [0.05, 0.1) is 17.8 Å². The van der Waals surface area contributed by atoms with Crippen molar-refractivity contribution in [3.8, 4) is 22.9 Å². The van der Waals surface area contributed by atoms with Crippen molar-refractivity contribution in [3.05, 3.63) is 72.3 Å². The van der Waals surface area contributed by atoms with Crippen LogP contribution in [0.1, 0.15) is 12.5 Å². The molecule has 6 heteroatoms. The number of hydrogen-bond acceptors (Lipinski definition) is 6. The summed E-state index contributed by atoms with van der Waals surface area (Å²) in [7, 11) is 0. The summed E-state index contributed by atoms with van der Waals surface area (Å²) in [6.07, 6.45) is 0. The Balaban J connectivity index is 1.72. The minimum atomic E-state index is 0.164. The van der Waals surface area contributed by atoms with Gasteiger partial charge in [0, 0.05) is 5.56 Å². The van der Waals surface area contributed by atoms with Crippen LogP contribution in [0.25, 0.3) is 22.3 Å². The second-order valence-corrected chi connectivity index (χ2v) is 6.15. The lowest BCUT2D eigenvalue weighted by Gasteiger charge is -2.12. The number of rotatable bonds is 6. The molecule has 2 heterocycles. The van der Waals surface area contributed by atoms with Crippen molar-refractivity contribution in [1.82, 2.24) is 15.0 Å². The van der Waals surface area contributed by atoms with Crippen molar-refractivity contribution in [2.45, 2.75) is 13.5 Å². The van der Waals surface area contributed by atoms with Crippen LogP contribution in [0.4, 0.5) is 5.95 Å². The summed E-state index contributed by atoms with van der Waals surface area (Å²) in [5.41, 5.74) is 9.74. The van der Waals surface area contributed by atoms with Crippen LogP contribution in [0.3, 0.4) is 0 Å². The Labute approximate surface area is 163 Å². The number of nitrogens with two attached hydrogens (primary N) is 1. The molecule has 2 aromatic heterocycles. The third-order valence-corrected chi connectivity index (χ3v) is 4.21. The van der Waals surface area contributed by atoms with Gasteiger partial charge in [-0.05, 0) is 36.8 Å². The molecule has 28 heavy (non-hydrogen) atoms. The van der Waals surface area contributed by atoms with Crippen molar-refractivity contribution < 1.29 is 9.47 Å². The molecule has 4 rings (SSSR count). The molecule has 2 aromatic carbocycles. The average molecular weight is 372 g/mol. The highest BCUT2D eigenvalue weighted by atomic mass is 16.5. The first kappa shape index (κ1) is 17.7. The molecule has 0 aliphatic carbocycles. The first-order valence-electron chi connectivity index (χ1n) is 9.08. The molecular formula is C22H20N4O2. The maximum atomic E-state index is 6.06. The summed E-state index contributed by atoms with van der Waals surface area (Å²) >= 11 is 0. The normalized spacial score (nSPS) is 10.8. The van der Waals surface area contributed by atoms with Crippen LogP contribution in [-0.2, 0) is 6.61 Å². The van der Waals surface area contributed by atoms with Crippen molar-refractivity contribution in [2.75, 3.05) is 12.3 Å². The Morgan fingerprint density at radius 2 is 1.61 bits per heavy atom. The van der Waals surface area contributed by atoms with Gasteiger partial charge in [-0.15, -0.1) is 0 Å². The van der Waals surface area contributed by atoms with Crippen LogP contribution in [0.15, 0.2) is 66.7 Å². The molecule has 4 aromatic rings. The van der Waals surface area contributed by atoms with Gasteiger partial charge < -0.3 is 15.2 Å². The molecule has 0 fully saturated rings. The number of benzene rings is 2. The van der Waals surface area contributed by atoms with E-state index in [0.717, 1.165) is 22.6 Å². The maximum absolute atomic E-state index is 6.06. The number of para-hydroxylation sites is 1. The zero-order valence-electron chi connectivity index (χ0n) is 15.5. The van der Waals surface area contributed by atoms with Crippen molar-refractivity contribution in [1.29, 1.82) is 0 Å². The van der Waals surface area contributed by atoms with Gasteiger partial charge in [-0.3, -0.25) is 0 Å². The van der Waals surface area contributed by atoms with Crippen LogP contribution in [0, 0.1) is 0 Å². The molecule has 0 aliphatic rings. The summed E-state index contributed by atoms with van der Waals surface area (Å²) in [4.78, 5) is 13.2. The summed E-state index contributed by atoms with van der Waals surface area (Å²) in [6.45, 7) is 2.84. The second-order valence-electron chi connectivity index (χ2n) is 6.15. The number of pyridine rings is 1. The van der Waals surface area contributed by atoms with E-state index in [9.17, 15) is 0 Å². The molecule has 6 nitrogen and oxygen atoms in total. The molecule has 0 spiro atoms. The van der Waals surface area contributed by atoms with E-state index in [1.807, 2.05) is 73.7 Å². The zero-order chi connectivity index (χ0) is 19.3. The van der Waals surface area contributed by atoms with E-state index in [1.54, 1.807) is 0 Å². The lowest BCUT2D eigenvalue weighted by molar-refractivity contribution is 0.307. The minimum absolute atomic E-state index is 0.164. The zero-order valence-corrected chi connectivity index (χ0v) is 15.5. The summed E-state index contributed by atoms with van der Waals surface area (Å²) < 4.78 is 11.7. The molecule has 0 bridgehead atoms. The fourth-order valence-corrected chi connectivity index (χ4v) is 2.93. The Hall–Kier alpha value is -3.67. The highest BCUT2D eigenvalue weighted by Gasteiger charge is 2.13. The average Bonchev–Trinajstić information content (AvgIpc) is 2.73. The lowest BCUT2D eigenvalue weighted by Crippen LogP contribution is -2.03. The van der Waals surface area contributed by atoms with Crippen LogP contribution in [0.2, 0.25) is 0 Å². The molecule has 0 saturated heterocycles. The first-order chi connectivity index (χ1) is 13.7. The lowest BCUT2D eigenvalue weighted by atomic mass is 10.1. The van der Waals surface area contributed by atoms with E-state index in [4.69, 9.17) is 20.2 Å². The van der Waals surface area contributed by atoms with Crippen LogP contribution < -0.4 is 15.2 Å². The van der Waals surface area contributed by atoms with Gasteiger partial charge in [-0.2, -0.15) is 4.98 Å². The molecule has 0 aliphatic heterocycles. The van der Waals surface area contributed by atoms with Gasteiger partial charge in [-0.1, -0.05) is 42.5 Å². The number of fused-ring (bicyclic) bond motifs is 1. The van der Waals surface area contributed by atoms with E-state index < -0.39 is 0 Å². The topological polar surface area (TPSA) is 83.2 Å². The Kier molecular flexibility index (Phi) is 5.01. The fraction of sp³-hybridized carbons (Fsp3) is 0.136. The Bertz CT molecular complexity index is 1100. The number of nitrogens with zero attached hydrogens (tertiary/aromatic N) is 3. The van der Waals surface area contributed by atoms with Crippen molar-refractivity contribution in [2.24, 2.45) is 0 Å². The van der Waals surface area contributed by atoms with Gasteiger partial charge in [0.2, 0.25) is 11.8 Å². The largest absolute Gasteiger partial charge is 0.488 e. The minimum Gasteiger partial charge on any atom is -0.488 e. The predicted octanol–water partition coefficient (Wildman–Crippen LogP) is 4.25. The highest BCUT2D eigenvalue weighted by Crippen LogP contribution is 2.32. The number of ether oxygens (including phenoxy) is 2. The number of anilines is 1. The third kappa shape index (κ3) is 3.71. The Morgan fingerprint density at radius 1 is 0.821 bits per heavy atom. The van der Waals surface area contributed by atoms with Crippen LogP contribution in [-0.4, -0.2) is 21.6 Å². The van der Waals surface area contributed by atoms with Crippen molar-refractivity contribution in [3.63, 3.8) is 0 Å². The predicted molar refractivity (Wildman–Crippen MR) is 109 cm³/mol. The first-order valence-corrected chi connectivity index (χ1v) is 9.08. The molecule has 140 valence electrons. The van der Waals surface area contributed by atoms with Gasteiger partial charge in [0.15, 0.2) is 5.52 Å². The SMILES string of the molecule is CCOc1nc(N)nc2ccc(-c3ccccc3OCc3ccccc3)nc12. The fourth-order valence-electron chi connectivity index (χ4n) is 2.93. The van der Waals surface area contributed by atoms with Gasteiger partial charge in [-0.25, -0.2) is 9.97 Å². The van der Waals surface area contributed by atoms with Crippen molar-refractivity contribution >= 4 is 17.0 Å². The molecular weight excluding hydrogens is 352 g/mol. The third-order valence-electron chi connectivity index (χ3n) is 4.21. The van der Waals surface area contributed by atoms with E-state index in [0.29, 0.717) is 30.1 Å². The number of hydrogen-bond donors (Lipinski definition) is 1. The van der Waals surface area contributed by atoms with E-state index in [1.165, 1.54) is 0 Å². The maximum Gasteiger partial charge on any atom is 0.245 e. The summed E-state index contributed by atoms with van der Waals surface area (Å²) in [5.74, 6) is 1.30. The molecule has 0 amide bonds.